The van der Waals surface area contributed by atoms with Crippen molar-refractivity contribution in [1.82, 2.24) is 14.5 Å². The summed E-state index contributed by atoms with van der Waals surface area (Å²) in [5, 5.41) is 1.53. The van der Waals surface area contributed by atoms with Gasteiger partial charge >= 0.3 is 0 Å². The molecule has 2 aromatic carbocycles. The zero-order chi connectivity index (χ0) is 21.4. The maximum Gasteiger partial charge on any atom is 0.0518 e. The van der Waals surface area contributed by atoms with Crippen LogP contribution in [0.1, 0.15) is 34.4 Å². The second-order valence-corrected chi connectivity index (χ2v) is 9.09. The van der Waals surface area contributed by atoms with Crippen molar-refractivity contribution in [2.24, 2.45) is 0 Å². The van der Waals surface area contributed by atoms with Crippen molar-refractivity contribution in [3.63, 3.8) is 0 Å². The Morgan fingerprint density at radius 1 is 0.839 bits per heavy atom. The SMILES string of the molecule is Cc1cc2c3c(c1)c1c(n3CCC2)CCN(C)C1.Cc1cccc(-c2ccncc2)c1. The highest BCUT2D eigenvalue weighted by atomic mass is 15.1. The lowest BCUT2D eigenvalue weighted by Crippen LogP contribution is -2.27. The normalized spacial score (nSPS) is 15.3. The average Bonchev–Trinajstić information content (AvgIpc) is 3.09. The Kier molecular flexibility index (Phi) is 5.37. The Bertz CT molecular complexity index is 1220. The van der Waals surface area contributed by atoms with Crippen LogP contribution in [0.25, 0.3) is 22.0 Å². The summed E-state index contributed by atoms with van der Waals surface area (Å²) >= 11 is 0. The van der Waals surface area contributed by atoms with Gasteiger partial charge < -0.3 is 9.47 Å². The van der Waals surface area contributed by atoms with E-state index in [1.165, 1.54) is 60.0 Å². The first-order chi connectivity index (χ1) is 15.1. The number of hydrogen-bond donors (Lipinski definition) is 0. The molecule has 158 valence electrons. The molecule has 0 saturated carbocycles. The third-order valence-electron chi connectivity index (χ3n) is 6.62. The van der Waals surface area contributed by atoms with Crippen molar-refractivity contribution in [3.05, 3.63) is 88.9 Å². The molecule has 2 aromatic heterocycles. The molecule has 0 saturated heterocycles. The highest BCUT2D eigenvalue weighted by Crippen LogP contribution is 2.36. The average molecular weight is 410 g/mol. The summed E-state index contributed by atoms with van der Waals surface area (Å²) in [5.74, 6) is 0. The Morgan fingerprint density at radius 3 is 2.48 bits per heavy atom. The lowest BCUT2D eigenvalue weighted by molar-refractivity contribution is 0.309. The number of fused-ring (bicyclic) bond motifs is 3. The molecule has 6 rings (SSSR count). The smallest absolute Gasteiger partial charge is 0.0518 e. The summed E-state index contributed by atoms with van der Waals surface area (Å²) in [6.45, 7) is 7.90. The van der Waals surface area contributed by atoms with E-state index in [4.69, 9.17) is 0 Å². The molecule has 4 aromatic rings. The largest absolute Gasteiger partial charge is 0.344 e. The van der Waals surface area contributed by atoms with Gasteiger partial charge in [0.25, 0.3) is 0 Å². The number of rotatable bonds is 1. The predicted molar refractivity (Wildman–Crippen MR) is 129 cm³/mol. The number of aromatic nitrogens is 2. The van der Waals surface area contributed by atoms with Crippen LogP contribution in [-0.2, 0) is 25.9 Å². The molecule has 2 aliphatic heterocycles. The number of hydrogen-bond acceptors (Lipinski definition) is 2. The first-order valence-electron chi connectivity index (χ1n) is 11.4. The number of likely N-dealkylation sites (N-methyl/N-ethyl adjacent to an activating group) is 1. The van der Waals surface area contributed by atoms with Gasteiger partial charge in [0.1, 0.15) is 0 Å². The highest BCUT2D eigenvalue weighted by Gasteiger charge is 2.25. The van der Waals surface area contributed by atoms with Crippen LogP contribution in [-0.4, -0.2) is 28.0 Å². The first-order valence-corrected chi connectivity index (χ1v) is 11.4. The van der Waals surface area contributed by atoms with Crippen LogP contribution >= 0.6 is 0 Å². The van der Waals surface area contributed by atoms with Crippen molar-refractivity contribution in [2.75, 3.05) is 13.6 Å². The van der Waals surface area contributed by atoms with Crippen LogP contribution in [0.2, 0.25) is 0 Å². The third-order valence-corrected chi connectivity index (χ3v) is 6.62. The first kappa shape index (κ1) is 20.0. The molecule has 0 unspecified atom stereocenters. The molecule has 3 heteroatoms. The topological polar surface area (TPSA) is 21.1 Å². The van der Waals surface area contributed by atoms with Gasteiger partial charge in [0.2, 0.25) is 0 Å². The van der Waals surface area contributed by atoms with Gasteiger partial charge in [-0.05, 0) is 74.2 Å². The molecule has 0 radical (unpaired) electrons. The lowest BCUT2D eigenvalue weighted by Gasteiger charge is -2.24. The number of benzene rings is 2. The Labute approximate surface area is 185 Å². The molecule has 0 fully saturated rings. The monoisotopic (exact) mass is 409 g/mol. The van der Waals surface area contributed by atoms with Crippen molar-refractivity contribution in [3.8, 4) is 11.1 Å². The van der Waals surface area contributed by atoms with Gasteiger partial charge in [-0.25, -0.2) is 0 Å². The zero-order valence-electron chi connectivity index (χ0n) is 18.9. The Morgan fingerprint density at radius 2 is 1.68 bits per heavy atom. The maximum absolute atomic E-state index is 3.99. The fourth-order valence-corrected chi connectivity index (χ4v) is 5.20. The van der Waals surface area contributed by atoms with Gasteiger partial charge in [-0.2, -0.15) is 0 Å². The molecule has 3 nitrogen and oxygen atoms in total. The van der Waals surface area contributed by atoms with Crippen molar-refractivity contribution in [2.45, 2.75) is 46.2 Å². The van der Waals surface area contributed by atoms with E-state index in [9.17, 15) is 0 Å². The fraction of sp³-hybridized carbons (Fsp3) is 0.321. The maximum atomic E-state index is 3.99. The minimum Gasteiger partial charge on any atom is -0.344 e. The lowest BCUT2D eigenvalue weighted by atomic mass is 9.99. The standard InChI is InChI=1S/C16H20N2.C12H11N/c1-11-8-12-4-3-6-18-15-5-7-17(2)10-14(15)13(9-11)16(12)18;1-10-3-2-4-12(9-10)11-5-7-13-8-6-11/h8-9H,3-7,10H2,1-2H3;2-9H,1H3. The van der Waals surface area contributed by atoms with Crippen LogP contribution in [0, 0.1) is 13.8 Å². The van der Waals surface area contributed by atoms with E-state index in [0.29, 0.717) is 0 Å². The molecule has 0 bridgehead atoms. The van der Waals surface area contributed by atoms with Crippen LogP contribution in [0.5, 0.6) is 0 Å². The van der Waals surface area contributed by atoms with Crippen molar-refractivity contribution < 1.29 is 0 Å². The summed E-state index contributed by atoms with van der Waals surface area (Å²) in [5.41, 5.74) is 11.5. The van der Waals surface area contributed by atoms with Crippen LogP contribution in [0.15, 0.2) is 60.9 Å². The van der Waals surface area contributed by atoms with Crippen LogP contribution in [0.4, 0.5) is 0 Å². The predicted octanol–water partition coefficient (Wildman–Crippen LogP) is 5.94. The molecule has 31 heavy (non-hydrogen) atoms. The van der Waals surface area contributed by atoms with Gasteiger partial charge in [-0.15, -0.1) is 0 Å². The second-order valence-electron chi connectivity index (χ2n) is 9.09. The number of nitrogens with zero attached hydrogens (tertiary/aromatic N) is 3. The van der Waals surface area contributed by atoms with E-state index in [1.54, 1.807) is 22.3 Å². The second kappa shape index (κ2) is 8.32. The molecular weight excluding hydrogens is 378 g/mol. The molecule has 2 aliphatic rings. The van der Waals surface area contributed by atoms with E-state index in [-0.39, 0.29) is 0 Å². The van der Waals surface area contributed by atoms with E-state index < -0.39 is 0 Å². The quantitative estimate of drug-likeness (QED) is 0.388. The molecule has 0 atom stereocenters. The number of aryl methyl sites for hydroxylation is 4. The van der Waals surface area contributed by atoms with Crippen molar-refractivity contribution in [1.29, 1.82) is 0 Å². The molecule has 4 heterocycles. The Hall–Kier alpha value is -2.91. The molecule has 0 aliphatic carbocycles. The van der Waals surface area contributed by atoms with E-state index in [0.717, 1.165) is 6.54 Å². The van der Waals surface area contributed by atoms with Crippen LogP contribution in [0.3, 0.4) is 0 Å². The molecule has 0 spiro atoms. The van der Waals surface area contributed by atoms with Gasteiger partial charge in [0.05, 0.1) is 5.52 Å². The minimum atomic E-state index is 1.13. The summed E-state index contributed by atoms with van der Waals surface area (Å²) in [4.78, 5) is 6.44. The van der Waals surface area contributed by atoms with E-state index >= 15 is 0 Å². The van der Waals surface area contributed by atoms with E-state index in [2.05, 4.69) is 71.7 Å². The molecular formula is C28H31N3. The number of pyridine rings is 1. The minimum absolute atomic E-state index is 1.13. The summed E-state index contributed by atoms with van der Waals surface area (Å²) in [7, 11) is 2.24. The summed E-state index contributed by atoms with van der Waals surface area (Å²) < 4.78 is 2.62. The van der Waals surface area contributed by atoms with Gasteiger partial charge in [0.15, 0.2) is 0 Å². The van der Waals surface area contributed by atoms with Gasteiger partial charge in [0, 0.05) is 49.5 Å². The summed E-state index contributed by atoms with van der Waals surface area (Å²) in [6.07, 6.45) is 7.42. The zero-order valence-corrected chi connectivity index (χ0v) is 18.9. The summed E-state index contributed by atoms with van der Waals surface area (Å²) in [6, 6.07) is 17.3. The third kappa shape index (κ3) is 3.90. The molecule has 0 amide bonds. The Balaban J connectivity index is 0.000000140. The van der Waals surface area contributed by atoms with Gasteiger partial charge in [-0.3, -0.25) is 4.98 Å². The van der Waals surface area contributed by atoms with Crippen molar-refractivity contribution >= 4 is 10.9 Å². The van der Waals surface area contributed by atoms with Gasteiger partial charge in [-0.1, -0.05) is 41.5 Å². The highest BCUT2D eigenvalue weighted by molar-refractivity contribution is 5.89. The fourth-order valence-electron chi connectivity index (χ4n) is 5.20. The van der Waals surface area contributed by atoms with E-state index in [1.807, 2.05) is 24.5 Å². The van der Waals surface area contributed by atoms with Crippen LogP contribution < -0.4 is 0 Å². The molecule has 0 N–H and O–H groups in total.